The molecular weight excluding hydrogens is 200 g/mol. The summed E-state index contributed by atoms with van der Waals surface area (Å²) < 4.78 is 0. The Morgan fingerprint density at radius 1 is 1.06 bits per heavy atom. The van der Waals surface area contributed by atoms with E-state index in [9.17, 15) is 4.79 Å². The van der Waals surface area contributed by atoms with Crippen LogP contribution in [-0.4, -0.2) is 29.9 Å². The van der Waals surface area contributed by atoms with Gasteiger partial charge in [-0.05, 0) is 25.7 Å². The zero-order chi connectivity index (χ0) is 11.4. The van der Waals surface area contributed by atoms with Crippen molar-refractivity contribution in [2.45, 2.75) is 57.4 Å². The second kappa shape index (κ2) is 5.67. The summed E-state index contributed by atoms with van der Waals surface area (Å²) in [5.41, 5.74) is 5.60. The Balaban J connectivity index is 1.91. The average Bonchev–Trinajstić information content (AvgIpc) is 3.10. The molecule has 0 atom stereocenters. The van der Waals surface area contributed by atoms with Crippen molar-refractivity contribution in [2.75, 3.05) is 13.1 Å². The number of nitrogens with two attached hydrogens (primary N) is 1. The van der Waals surface area contributed by atoms with Crippen molar-refractivity contribution >= 4 is 5.91 Å². The fourth-order valence-electron chi connectivity index (χ4n) is 2.76. The Kier molecular flexibility index (Phi) is 4.22. The summed E-state index contributed by atoms with van der Waals surface area (Å²) in [6.07, 6.45) is 9.68. The monoisotopic (exact) mass is 224 g/mol. The normalized spacial score (nSPS) is 22.8. The Bertz CT molecular complexity index is 230. The molecule has 2 N–H and O–H groups in total. The van der Waals surface area contributed by atoms with E-state index in [0.29, 0.717) is 24.4 Å². The summed E-state index contributed by atoms with van der Waals surface area (Å²) in [5.74, 6) is 0.699. The molecule has 0 aromatic heterocycles. The standard InChI is InChI=1S/C13H24N2O/c14-9-10-15(12-7-8-12)13(16)11-5-3-1-2-4-6-11/h11-12H,1-10,14H2. The third-order valence-corrected chi connectivity index (χ3v) is 3.85. The van der Waals surface area contributed by atoms with Crippen LogP contribution in [0.4, 0.5) is 0 Å². The lowest BCUT2D eigenvalue weighted by molar-refractivity contribution is -0.136. The summed E-state index contributed by atoms with van der Waals surface area (Å²) in [6, 6.07) is 0.527. The quantitative estimate of drug-likeness (QED) is 0.741. The highest BCUT2D eigenvalue weighted by Gasteiger charge is 2.35. The molecule has 3 heteroatoms. The first-order chi connectivity index (χ1) is 7.83. The van der Waals surface area contributed by atoms with E-state index >= 15 is 0 Å². The molecule has 2 aliphatic carbocycles. The Hall–Kier alpha value is -0.570. The number of amides is 1. The molecule has 0 heterocycles. The molecule has 0 aromatic rings. The van der Waals surface area contributed by atoms with Gasteiger partial charge in [0.05, 0.1) is 0 Å². The minimum Gasteiger partial charge on any atom is -0.338 e. The van der Waals surface area contributed by atoms with Crippen LogP contribution in [0.2, 0.25) is 0 Å². The molecule has 0 saturated heterocycles. The first-order valence-corrected chi connectivity index (χ1v) is 6.83. The summed E-state index contributed by atoms with van der Waals surface area (Å²) in [5, 5.41) is 0. The fourth-order valence-corrected chi connectivity index (χ4v) is 2.76. The molecule has 2 rings (SSSR count). The van der Waals surface area contributed by atoms with E-state index in [4.69, 9.17) is 5.73 Å². The van der Waals surface area contributed by atoms with Crippen LogP contribution < -0.4 is 5.73 Å². The summed E-state index contributed by atoms with van der Waals surface area (Å²) in [6.45, 7) is 1.37. The number of carbonyl (C=O) groups is 1. The Morgan fingerprint density at radius 2 is 1.69 bits per heavy atom. The maximum atomic E-state index is 12.4. The molecule has 16 heavy (non-hydrogen) atoms. The molecule has 0 aliphatic heterocycles. The highest BCUT2D eigenvalue weighted by Crippen LogP contribution is 2.31. The van der Waals surface area contributed by atoms with E-state index in [0.717, 1.165) is 19.4 Å². The second-order valence-electron chi connectivity index (χ2n) is 5.24. The van der Waals surface area contributed by atoms with Crippen LogP contribution in [0, 0.1) is 5.92 Å². The highest BCUT2D eigenvalue weighted by molar-refractivity contribution is 5.79. The molecule has 2 saturated carbocycles. The van der Waals surface area contributed by atoms with E-state index in [-0.39, 0.29) is 0 Å². The first-order valence-electron chi connectivity index (χ1n) is 6.83. The summed E-state index contributed by atoms with van der Waals surface area (Å²) >= 11 is 0. The van der Waals surface area contributed by atoms with Crippen LogP contribution in [-0.2, 0) is 4.79 Å². The lowest BCUT2D eigenvalue weighted by Gasteiger charge is -2.26. The topological polar surface area (TPSA) is 46.3 Å². The summed E-state index contributed by atoms with van der Waals surface area (Å²) in [7, 11) is 0. The van der Waals surface area contributed by atoms with Crippen LogP contribution in [0.25, 0.3) is 0 Å². The minimum atomic E-state index is 0.301. The zero-order valence-corrected chi connectivity index (χ0v) is 10.2. The van der Waals surface area contributed by atoms with Gasteiger partial charge in [-0.3, -0.25) is 4.79 Å². The van der Waals surface area contributed by atoms with Gasteiger partial charge in [0.15, 0.2) is 0 Å². The van der Waals surface area contributed by atoms with Crippen LogP contribution >= 0.6 is 0 Å². The average molecular weight is 224 g/mol. The van der Waals surface area contributed by atoms with Gasteiger partial charge >= 0.3 is 0 Å². The van der Waals surface area contributed by atoms with Crippen LogP contribution in [0.1, 0.15) is 51.4 Å². The largest absolute Gasteiger partial charge is 0.338 e. The fraction of sp³-hybridized carbons (Fsp3) is 0.923. The van der Waals surface area contributed by atoms with Crippen molar-refractivity contribution < 1.29 is 4.79 Å². The van der Waals surface area contributed by atoms with Gasteiger partial charge in [0, 0.05) is 25.0 Å². The highest BCUT2D eigenvalue weighted by atomic mass is 16.2. The first kappa shape index (κ1) is 11.9. The number of rotatable bonds is 4. The van der Waals surface area contributed by atoms with E-state index in [2.05, 4.69) is 4.90 Å². The predicted molar refractivity (Wildman–Crippen MR) is 65.0 cm³/mol. The molecule has 1 amide bonds. The van der Waals surface area contributed by atoms with E-state index in [1.807, 2.05) is 0 Å². The van der Waals surface area contributed by atoms with Crippen LogP contribution in [0.3, 0.4) is 0 Å². The molecule has 2 aliphatic rings. The molecule has 92 valence electrons. The second-order valence-corrected chi connectivity index (χ2v) is 5.24. The van der Waals surface area contributed by atoms with Crippen molar-refractivity contribution in [1.82, 2.24) is 4.90 Å². The smallest absolute Gasteiger partial charge is 0.225 e. The zero-order valence-electron chi connectivity index (χ0n) is 10.2. The lowest BCUT2D eigenvalue weighted by Crippen LogP contribution is -2.40. The van der Waals surface area contributed by atoms with Gasteiger partial charge < -0.3 is 10.6 Å². The van der Waals surface area contributed by atoms with Gasteiger partial charge in [0.1, 0.15) is 0 Å². The number of carbonyl (C=O) groups excluding carboxylic acids is 1. The van der Waals surface area contributed by atoms with Gasteiger partial charge in [-0.1, -0.05) is 25.7 Å². The molecule has 0 unspecified atom stereocenters. The van der Waals surface area contributed by atoms with Gasteiger partial charge in [-0.15, -0.1) is 0 Å². The molecule has 3 nitrogen and oxygen atoms in total. The molecule has 0 aromatic carbocycles. The molecule has 0 bridgehead atoms. The van der Waals surface area contributed by atoms with Crippen molar-refractivity contribution in [2.24, 2.45) is 11.7 Å². The van der Waals surface area contributed by atoms with Crippen LogP contribution in [0.5, 0.6) is 0 Å². The SMILES string of the molecule is NCCN(C(=O)C1CCCCCC1)C1CC1. The van der Waals surface area contributed by atoms with Crippen molar-refractivity contribution in [1.29, 1.82) is 0 Å². The Morgan fingerprint density at radius 3 is 2.19 bits per heavy atom. The molecule has 2 fully saturated rings. The summed E-state index contributed by atoms with van der Waals surface area (Å²) in [4.78, 5) is 14.5. The third kappa shape index (κ3) is 2.97. The van der Waals surface area contributed by atoms with Gasteiger partial charge in [0.2, 0.25) is 5.91 Å². The lowest BCUT2D eigenvalue weighted by atomic mass is 9.98. The maximum Gasteiger partial charge on any atom is 0.225 e. The van der Waals surface area contributed by atoms with Gasteiger partial charge in [0.25, 0.3) is 0 Å². The van der Waals surface area contributed by atoms with E-state index in [1.165, 1.54) is 38.5 Å². The number of nitrogens with zero attached hydrogens (tertiary/aromatic N) is 1. The van der Waals surface area contributed by atoms with E-state index in [1.54, 1.807) is 0 Å². The minimum absolute atomic E-state index is 0.301. The van der Waals surface area contributed by atoms with E-state index < -0.39 is 0 Å². The molecule has 0 spiro atoms. The van der Waals surface area contributed by atoms with Crippen LogP contribution in [0.15, 0.2) is 0 Å². The number of hydrogen-bond acceptors (Lipinski definition) is 2. The van der Waals surface area contributed by atoms with Crippen molar-refractivity contribution in [3.63, 3.8) is 0 Å². The van der Waals surface area contributed by atoms with Gasteiger partial charge in [-0.25, -0.2) is 0 Å². The maximum absolute atomic E-state index is 12.4. The third-order valence-electron chi connectivity index (χ3n) is 3.85. The van der Waals surface area contributed by atoms with Gasteiger partial charge in [-0.2, -0.15) is 0 Å². The molecule has 0 radical (unpaired) electrons. The predicted octanol–water partition coefficient (Wildman–Crippen LogP) is 1.91. The van der Waals surface area contributed by atoms with Crippen molar-refractivity contribution in [3.8, 4) is 0 Å². The van der Waals surface area contributed by atoms with Crippen molar-refractivity contribution in [3.05, 3.63) is 0 Å². The number of hydrogen-bond donors (Lipinski definition) is 1. The Labute approximate surface area is 98.4 Å². The molecular formula is C13H24N2O.